The van der Waals surface area contributed by atoms with Gasteiger partial charge in [0.25, 0.3) is 5.91 Å². The molecule has 1 fully saturated rings. The van der Waals surface area contributed by atoms with Crippen LogP contribution in [0.1, 0.15) is 47.1 Å². The highest BCUT2D eigenvalue weighted by atomic mass is 16.5. The number of rotatable bonds is 6. The van der Waals surface area contributed by atoms with Crippen LogP contribution >= 0.6 is 0 Å². The number of guanidine groups is 1. The maximum absolute atomic E-state index is 12.5. The largest absolute Gasteiger partial charge is 0.359 e. The Morgan fingerprint density at radius 3 is 2.63 bits per heavy atom. The van der Waals surface area contributed by atoms with Crippen LogP contribution in [0.25, 0.3) is 0 Å². The van der Waals surface area contributed by atoms with E-state index in [1.54, 1.807) is 24.1 Å². The minimum absolute atomic E-state index is 0.105. The van der Waals surface area contributed by atoms with Gasteiger partial charge in [-0.2, -0.15) is 0 Å². The van der Waals surface area contributed by atoms with Gasteiger partial charge in [-0.15, -0.1) is 0 Å². The summed E-state index contributed by atoms with van der Waals surface area (Å²) in [5.41, 5.74) is 2.50. The van der Waals surface area contributed by atoms with Crippen molar-refractivity contribution in [1.29, 1.82) is 0 Å². The van der Waals surface area contributed by atoms with Gasteiger partial charge in [0.1, 0.15) is 0 Å². The number of carbonyl (C=O) groups is 2. The lowest BCUT2D eigenvalue weighted by Crippen LogP contribution is -2.49. The molecule has 0 unspecified atom stereocenters. The van der Waals surface area contributed by atoms with Crippen molar-refractivity contribution >= 4 is 17.8 Å². The predicted octanol–water partition coefficient (Wildman–Crippen LogP) is 1.24. The van der Waals surface area contributed by atoms with Crippen molar-refractivity contribution in [1.82, 2.24) is 26.0 Å². The Labute approximate surface area is 175 Å². The predicted molar refractivity (Wildman–Crippen MR) is 113 cm³/mol. The molecule has 2 heterocycles. The van der Waals surface area contributed by atoms with E-state index in [9.17, 15) is 9.59 Å². The second-order valence-electron chi connectivity index (χ2n) is 7.43. The number of carbonyl (C=O) groups excluding carboxylic acids is 2. The van der Waals surface area contributed by atoms with E-state index < -0.39 is 0 Å². The first-order chi connectivity index (χ1) is 14.5. The van der Waals surface area contributed by atoms with Gasteiger partial charge in [-0.05, 0) is 23.6 Å². The fourth-order valence-electron chi connectivity index (χ4n) is 3.02. The van der Waals surface area contributed by atoms with E-state index in [2.05, 4.69) is 39.9 Å². The lowest BCUT2D eigenvalue weighted by molar-refractivity contribution is -0.123. The van der Waals surface area contributed by atoms with E-state index in [1.165, 1.54) is 0 Å². The highest BCUT2D eigenvalue weighted by Gasteiger charge is 2.22. The number of aliphatic imine (C=N–C) groups is 1. The number of amides is 2. The van der Waals surface area contributed by atoms with E-state index >= 15 is 0 Å². The molecule has 0 saturated carbocycles. The smallest absolute Gasteiger partial charge is 0.254 e. The zero-order valence-corrected chi connectivity index (χ0v) is 17.6. The van der Waals surface area contributed by atoms with Crippen LogP contribution in [0.15, 0.2) is 39.8 Å². The van der Waals surface area contributed by atoms with Crippen LogP contribution in [0.2, 0.25) is 0 Å². The van der Waals surface area contributed by atoms with Crippen LogP contribution < -0.4 is 16.0 Å². The molecule has 1 aromatic carbocycles. The molecular formula is C21H28N6O3. The van der Waals surface area contributed by atoms with Gasteiger partial charge in [0.2, 0.25) is 5.91 Å². The van der Waals surface area contributed by atoms with Gasteiger partial charge in [-0.3, -0.25) is 14.6 Å². The average Bonchev–Trinajstić information content (AvgIpc) is 3.23. The van der Waals surface area contributed by atoms with E-state index in [0.717, 1.165) is 17.0 Å². The molecule has 160 valence electrons. The Balaban J connectivity index is 1.49. The van der Waals surface area contributed by atoms with Gasteiger partial charge in [-0.25, -0.2) is 0 Å². The van der Waals surface area contributed by atoms with E-state index in [4.69, 9.17) is 4.52 Å². The summed E-state index contributed by atoms with van der Waals surface area (Å²) in [6.45, 7) is 6.29. The number of hydrogen-bond donors (Lipinski definition) is 3. The van der Waals surface area contributed by atoms with Gasteiger partial charge in [0.15, 0.2) is 11.7 Å². The Kier molecular flexibility index (Phi) is 7.05. The molecular weight excluding hydrogens is 384 g/mol. The van der Waals surface area contributed by atoms with Crippen LogP contribution in [0.4, 0.5) is 0 Å². The number of aromatic nitrogens is 1. The summed E-state index contributed by atoms with van der Waals surface area (Å²) in [6, 6.07) is 9.28. The van der Waals surface area contributed by atoms with Crippen LogP contribution in [-0.2, 0) is 17.9 Å². The molecule has 3 N–H and O–H groups in total. The Morgan fingerprint density at radius 1 is 1.27 bits per heavy atom. The first-order valence-corrected chi connectivity index (χ1v) is 10.0. The Bertz CT molecular complexity index is 904. The minimum Gasteiger partial charge on any atom is -0.359 e. The Hall–Kier alpha value is -3.36. The second kappa shape index (κ2) is 9.91. The first kappa shape index (κ1) is 21.4. The third kappa shape index (κ3) is 5.59. The van der Waals surface area contributed by atoms with Crippen LogP contribution in [-0.4, -0.2) is 54.5 Å². The van der Waals surface area contributed by atoms with E-state index in [1.807, 2.05) is 18.2 Å². The van der Waals surface area contributed by atoms with Crippen molar-refractivity contribution in [2.45, 2.75) is 32.9 Å². The van der Waals surface area contributed by atoms with Gasteiger partial charge >= 0.3 is 0 Å². The maximum atomic E-state index is 12.5. The fraction of sp³-hybridized carbons (Fsp3) is 0.429. The average molecular weight is 412 g/mol. The molecule has 1 saturated heterocycles. The van der Waals surface area contributed by atoms with Crippen LogP contribution in [0.5, 0.6) is 0 Å². The monoisotopic (exact) mass is 412 g/mol. The molecule has 3 rings (SSSR count). The standard InChI is InChI=1S/C21H28N6O3/c1-14(2)18-10-17(30-26-18)12-25-21(22-3)24-11-15-4-6-16(7-5-15)20(29)27-9-8-23-19(28)13-27/h4-7,10,14H,8-9,11-13H2,1-3H3,(H,23,28)(H2,22,24,25). The quantitative estimate of drug-likeness (QED) is 0.486. The van der Waals surface area contributed by atoms with Crippen LogP contribution in [0, 0.1) is 0 Å². The zero-order chi connectivity index (χ0) is 21.5. The van der Waals surface area contributed by atoms with Crippen molar-refractivity contribution in [3.8, 4) is 0 Å². The summed E-state index contributed by atoms with van der Waals surface area (Å²) in [5.74, 6) is 1.45. The molecule has 0 bridgehead atoms. The third-order valence-electron chi connectivity index (χ3n) is 4.81. The molecule has 0 aliphatic carbocycles. The van der Waals surface area contributed by atoms with Gasteiger partial charge in [0, 0.05) is 38.3 Å². The SMILES string of the molecule is CN=C(NCc1ccc(C(=O)N2CCNC(=O)C2)cc1)NCc1cc(C(C)C)no1. The normalized spacial score (nSPS) is 14.6. The summed E-state index contributed by atoms with van der Waals surface area (Å²) < 4.78 is 5.32. The van der Waals surface area contributed by atoms with Crippen molar-refractivity contribution in [2.24, 2.45) is 4.99 Å². The number of nitrogens with one attached hydrogen (secondary N) is 3. The molecule has 9 nitrogen and oxygen atoms in total. The van der Waals surface area contributed by atoms with Crippen molar-refractivity contribution in [3.63, 3.8) is 0 Å². The maximum Gasteiger partial charge on any atom is 0.254 e. The van der Waals surface area contributed by atoms with Crippen molar-refractivity contribution < 1.29 is 14.1 Å². The number of benzene rings is 1. The lowest BCUT2D eigenvalue weighted by atomic mass is 10.1. The summed E-state index contributed by atoms with van der Waals surface area (Å²) in [5, 5.41) is 13.2. The molecule has 2 amide bonds. The molecule has 0 radical (unpaired) electrons. The topological polar surface area (TPSA) is 112 Å². The van der Waals surface area contributed by atoms with Gasteiger partial charge in [0.05, 0.1) is 18.8 Å². The zero-order valence-electron chi connectivity index (χ0n) is 17.6. The second-order valence-corrected chi connectivity index (χ2v) is 7.43. The number of nitrogens with zero attached hydrogens (tertiary/aromatic N) is 3. The van der Waals surface area contributed by atoms with E-state index in [0.29, 0.717) is 43.6 Å². The molecule has 1 aliphatic rings. The highest BCUT2D eigenvalue weighted by molar-refractivity contribution is 5.97. The van der Waals surface area contributed by atoms with Crippen LogP contribution in [0.3, 0.4) is 0 Å². The lowest BCUT2D eigenvalue weighted by Gasteiger charge is -2.26. The highest BCUT2D eigenvalue weighted by Crippen LogP contribution is 2.13. The number of hydrogen-bond acceptors (Lipinski definition) is 5. The molecule has 9 heteroatoms. The summed E-state index contributed by atoms with van der Waals surface area (Å²) in [7, 11) is 1.70. The van der Waals surface area contributed by atoms with Gasteiger partial charge < -0.3 is 25.4 Å². The third-order valence-corrected chi connectivity index (χ3v) is 4.81. The molecule has 1 aliphatic heterocycles. The summed E-state index contributed by atoms with van der Waals surface area (Å²) in [4.78, 5) is 29.8. The Morgan fingerprint density at radius 2 is 2.00 bits per heavy atom. The minimum atomic E-state index is -0.130. The number of piperazine rings is 1. The van der Waals surface area contributed by atoms with Crippen molar-refractivity contribution in [3.05, 3.63) is 52.9 Å². The van der Waals surface area contributed by atoms with Crippen molar-refractivity contribution in [2.75, 3.05) is 26.7 Å². The molecule has 0 atom stereocenters. The molecule has 1 aromatic heterocycles. The van der Waals surface area contributed by atoms with Gasteiger partial charge in [-0.1, -0.05) is 31.1 Å². The fourth-order valence-corrected chi connectivity index (χ4v) is 3.02. The molecule has 30 heavy (non-hydrogen) atoms. The van der Waals surface area contributed by atoms with E-state index in [-0.39, 0.29) is 18.4 Å². The first-order valence-electron chi connectivity index (χ1n) is 10.0. The summed E-state index contributed by atoms with van der Waals surface area (Å²) in [6.07, 6.45) is 0. The molecule has 2 aromatic rings. The molecule has 0 spiro atoms. The summed E-state index contributed by atoms with van der Waals surface area (Å²) >= 11 is 0.